The van der Waals surface area contributed by atoms with Crippen molar-refractivity contribution in [1.29, 1.82) is 0 Å². The van der Waals surface area contributed by atoms with Gasteiger partial charge in [0, 0.05) is 35.8 Å². The standard InChI is InChI=1S/C19H22ClNO3.C4H4O4/c1-21-8-7-13-9-17(22-2)18(23-3)11-16(13)19(12-21)24-15-6-4-5-14(20)10-15;5-3(6)1-2-4(7)8/h4-6,9-11,19H,7-8,12H2,1-3H3;1-2H,(H,5,6)(H,7,8). The number of carboxylic acid groups (broad SMARTS) is 2. The number of nitrogens with zero attached hydrogens (tertiary/aromatic N) is 1. The molecule has 2 aromatic rings. The van der Waals surface area contributed by atoms with Crippen LogP contribution in [0.25, 0.3) is 0 Å². The van der Waals surface area contributed by atoms with E-state index < -0.39 is 11.9 Å². The minimum atomic E-state index is -1.26. The largest absolute Gasteiger partial charge is 0.493 e. The molecule has 1 atom stereocenters. The van der Waals surface area contributed by atoms with Gasteiger partial charge in [0.2, 0.25) is 0 Å². The molecule has 0 saturated heterocycles. The lowest BCUT2D eigenvalue weighted by atomic mass is 10.00. The van der Waals surface area contributed by atoms with Crippen LogP contribution in [0.15, 0.2) is 48.6 Å². The molecule has 0 aromatic heterocycles. The molecule has 0 fully saturated rings. The molecular weight excluding hydrogens is 438 g/mol. The Morgan fingerprint density at radius 2 is 1.69 bits per heavy atom. The van der Waals surface area contributed by atoms with Crippen LogP contribution in [0, 0.1) is 0 Å². The molecule has 1 unspecified atom stereocenters. The number of hydrogen-bond donors (Lipinski definition) is 2. The predicted molar refractivity (Wildman–Crippen MR) is 120 cm³/mol. The molecular formula is C23H26ClNO7. The van der Waals surface area contributed by atoms with Gasteiger partial charge in [-0.15, -0.1) is 0 Å². The van der Waals surface area contributed by atoms with Crippen LogP contribution in [0.1, 0.15) is 17.2 Å². The highest BCUT2D eigenvalue weighted by Gasteiger charge is 2.25. The van der Waals surface area contributed by atoms with Gasteiger partial charge in [0.05, 0.1) is 14.2 Å². The molecule has 2 N–H and O–H groups in total. The molecule has 9 heteroatoms. The lowest BCUT2D eigenvalue weighted by Gasteiger charge is -2.23. The minimum Gasteiger partial charge on any atom is -0.493 e. The number of fused-ring (bicyclic) bond motifs is 1. The fraction of sp³-hybridized carbons (Fsp3) is 0.304. The maximum Gasteiger partial charge on any atom is 0.328 e. The number of halogens is 1. The summed E-state index contributed by atoms with van der Waals surface area (Å²) in [4.78, 5) is 21.4. The van der Waals surface area contributed by atoms with Gasteiger partial charge in [-0.25, -0.2) is 9.59 Å². The molecule has 0 spiro atoms. The second-order valence-corrected chi connectivity index (χ2v) is 7.43. The van der Waals surface area contributed by atoms with Crippen molar-refractivity contribution >= 4 is 23.5 Å². The van der Waals surface area contributed by atoms with E-state index in [-0.39, 0.29) is 6.10 Å². The summed E-state index contributed by atoms with van der Waals surface area (Å²) >= 11 is 6.08. The summed E-state index contributed by atoms with van der Waals surface area (Å²) in [5.41, 5.74) is 2.36. The van der Waals surface area contributed by atoms with Crippen LogP contribution in [0.4, 0.5) is 0 Å². The molecule has 32 heavy (non-hydrogen) atoms. The smallest absolute Gasteiger partial charge is 0.328 e. The van der Waals surface area contributed by atoms with Crippen LogP contribution < -0.4 is 14.2 Å². The summed E-state index contributed by atoms with van der Waals surface area (Å²) in [6.45, 7) is 1.77. The number of rotatable bonds is 6. The third-order valence-electron chi connectivity index (χ3n) is 4.68. The molecule has 0 aliphatic carbocycles. The zero-order valence-electron chi connectivity index (χ0n) is 18.1. The number of carbonyl (C=O) groups is 2. The van der Waals surface area contributed by atoms with Gasteiger partial charge in [0.25, 0.3) is 0 Å². The number of methoxy groups -OCH3 is 2. The first-order valence-corrected chi connectivity index (χ1v) is 10.1. The van der Waals surface area contributed by atoms with E-state index in [4.69, 9.17) is 36.0 Å². The Bertz CT molecular complexity index is 961. The van der Waals surface area contributed by atoms with Gasteiger partial charge in [-0.1, -0.05) is 17.7 Å². The van der Waals surface area contributed by atoms with Crippen LogP contribution >= 0.6 is 11.6 Å². The van der Waals surface area contributed by atoms with Crippen LogP contribution in [0.3, 0.4) is 0 Å². The number of aliphatic carboxylic acids is 2. The fourth-order valence-electron chi connectivity index (χ4n) is 3.18. The molecule has 0 saturated carbocycles. The topological polar surface area (TPSA) is 106 Å². The Balaban J connectivity index is 0.000000390. The van der Waals surface area contributed by atoms with Crippen LogP contribution in [-0.2, 0) is 16.0 Å². The van der Waals surface area contributed by atoms with Crippen molar-refractivity contribution in [2.75, 3.05) is 34.4 Å². The van der Waals surface area contributed by atoms with E-state index in [0.29, 0.717) is 17.2 Å². The molecule has 1 aliphatic rings. The molecule has 0 bridgehead atoms. The van der Waals surface area contributed by atoms with Crippen molar-refractivity contribution in [3.05, 3.63) is 64.7 Å². The maximum absolute atomic E-state index is 9.55. The summed E-state index contributed by atoms with van der Waals surface area (Å²) in [5, 5.41) is 16.3. The van der Waals surface area contributed by atoms with E-state index in [0.717, 1.165) is 42.3 Å². The molecule has 8 nitrogen and oxygen atoms in total. The third kappa shape index (κ3) is 7.47. The van der Waals surface area contributed by atoms with Gasteiger partial charge in [-0.2, -0.15) is 0 Å². The van der Waals surface area contributed by atoms with E-state index in [2.05, 4.69) is 18.0 Å². The van der Waals surface area contributed by atoms with Gasteiger partial charge in [-0.3, -0.25) is 0 Å². The van der Waals surface area contributed by atoms with E-state index in [1.165, 1.54) is 5.56 Å². The van der Waals surface area contributed by atoms with E-state index in [1.807, 2.05) is 30.3 Å². The number of carboxylic acids is 2. The zero-order valence-corrected chi connectivity index (χ0v) is 18.8. The SMILES string of the molecule is COc1cc2c(cc1OC)C(Oc1cccc(Cl)c1)CN(C)CC2.O=C(O)C=CC(=O)O. The summed E-state index contributed by atoms with van der Waals surface area (Å²) in [6.07, 6.45) is 1.97. The quantitative estimate of drug-likeness (QED) is 0.625. The first kappa shape index (κ1) is 25.0. The second kappa shape index (κ2) is 12.0. The second-order valence-electron chi connectivity index (χ2n) is 6.99. The van der Waals surface area contributed by atoms with Crippen LogP contribution in [-0.4, -0.2) is 61.4 Å². The van der Waals surface area contributed by atoms with E-state index in [9.17, 15) is 9.59 Å². The number of ether oxygens (including phenoxy) is 3. The predicted octanol–water partition coefficient (Wildman–Crippen LogP) is 3.68. The number of hydrogen-bond acceptors (Lipinski definition) is 6. The van der Waals surface area contributed by atoms with Crippen molar-refractivity contribution in [1.82, 2.24) is 4.90 Å². The Hall–Kier alpha value is -3.23. The monoisotopic (exact) mass is 463 g/mol. The van der Waals surface area contributed by atoms with Crippen LogP contribution in [0.2, 0.25) is 5.02 Å². The van der Waals surface area contributed by atoms with Gasteiger partial charge < -0.3 is 29.3 Å². The lowest BCUT2D eigenvalue weighted by Crippen LogP contribution is -2.26. The first-order chi connectivity index (χ1) is 15.2. The van der Waals surface area contributed by atoms with E-state index >= 15 is 0 Å². The zero-order chi connectivity index (χ0) is 23.7. The van der Waals surface area contributed by atoms with E-state index in [1.54, 1.807) is 14.2 Å². The summed E-state index contributed by atoms with van der Waals surface area (Å²) in [6, 6.07) is 11.6. The highest BCUT2D eigenvalue weighted by atomic mass is 35.5. The van der Waals surface area contributed by atoms with Crippen molar-refractivity contribution < 1.29 is 34.0 Å². The molecule has 3 rings (SSSR count). The minimum absolute atomic E-state index is 0.0919. The molecule has 172 valence electrons. The van der Waals surface area contributed by atoms with Gasteiger partial charge in [0.1, 0.15) is 11.9 Å². The summed E-state index contributed by atoms with van der Waals surface area (Å²) in [5.74, 6) is -0.272. The molecule has 1 aliphatic heterocycles. The Kier molecular flexibility index (Phi) is 9.37. The summed E-state index contributed by atoms with van der Waals surface area (Å²) < 4.78 is 17.2. The number of benzene rings is 2. The average Bonchev–Trinajstić information content (AvgIpc) is 2.90. The maximum atomic E-state index is 9.55. The highest BCUT2D eigenvalue weighted by Crippen LogP contribution is 2.37. The van der Waals surface area contributed by atoms with Crippen molar-refractivity contribution in [2.45, 2.75) is 12.5 Å². The first-order valence-electron chi connectivity index (χ1n) is 9.73. The lowest BCUT2D eigenvalue weighted by molar-refractivity contribution is -0.134. The van der Waals surface area contributed by atoms with Crippen molar-refractivity contribution in [3.8, 4) is 17.2 Å². The Labute approximate surface area is 191 Å². The fourth-order valence-corrected chi connectivity index (χ4v) is 3.37. The van der Waals surface area contributed by atoms with Gasteiger partial charge >= 0.3 is 11.9 Å². The Morgan fingerprint density at radius 3 is 2.25 bits per heavy atom. The molecule has 0 amide bonds. The van der Waals surface area contributed by atoms with Crippen molar-refractivity contribution in [3.63, 3.8) is 0 Å². The average molecular weight is 464 g/mol. The van der Waals surface area contributed by atoms with Crippen molar-refractivity contribution in [2.24, 2.45) is 0 Å². The van der Waals surface area contributed by atoms with Crippen LogP contribution in [0.5, 0.6) is 17.2 Å². The Morgan fingerprint density at radius 1 is 1.06 bits per heavy atom. The normalized spacial score (nSPS) is 15.7. The molecule has 0 radical (unpaired) electrons. The third-order valence-corrected chi connectivity index (χ3v) is 4.91. The number of likely N-dealkylation sites (N-methyl/N-ethyl adjacent to an activating group) is 1. The highest BCUT2D eigenvalue weighted by molar-refractivity contribution is 6.30. The molecule has 1 heterocycles. The summed E-state index contributed by atoms with van der Waals surface area (Å²) in [7, 11) is 5.42. The van der Waals surface area contributed by atoms with Gasteiger partial charge in [0.15, 0.2) is 11.5 Å². The molecule has 2 aromatic carbocycles. The van der Waals surface area contributed by atoms with Gasteiger partial charge in [-0.05, 0) is 49.4 Å².